The minimum Gasteiger partial charge on any atom is -0.388 e. The van der Waals surface area contributed by atoms with Gasteiger partial charge in [0, 0.05) is 30.8 Å². The molecule has 24 heavy (non-hydrogen) atoms. The van der Waals surface area contributed by atoms with E-state index in [2.05, 4.69) is 5.32 Å². The van der Waals surface area contributed by atoms with Crippen molar-refractivity contribution >= 4 is 11.8 Å². The lowest BCUT2D eigenvalue weighted by atomic mass is 9.85. The minimum absolute atomic E-state index is 0.0246. The first-order chi connectivity index (χ1) is 11.5. The SMILES string of the molecule is CCN(CC)C(=O)c1ccc(C(=O)NCC2(O)CCCCC2)cc1. The smallest absolute Gasteiger partial charge is 0.253 e. The van der Waals surface area contributed by atoms with Crippen LogP contribution in [0.5, 0.6) is 0 Å². The molecule has 5 heteroatoms. The molecule has 1 aromatic rings. The van der Waals surface area contributed by atoms with Crippen molar-refractivity contribution in [3.63, 3.8) is 0 Å². The molecule has 1 aliphatic rings. The van der Waals surface area contributed by atoms with Gasteiger partial charge in [-0.05, 0) is 51.0 Å². The summed E-state index contributed by atoms with van der Waals surface area (Å²) in [5.41, 5.74) is 0.318. The fourth-order valence-electron chi connectivity index (χ4n) is 3.19. The summed E-state index contributed by atoms with van der Waals surface area (Å²) < 4.78 is 0. The molecule has 0 spiro atoms. The number of rotatable bonds is 6. The van der Waals surface area contributed by atoms with Gasteiger partial charge in [0.2, 0.25) is 0 Å². The maximum Gasteiger partial charge on any atom is 0.253 e. The number of hydrogen-bond acceptors (Lipinski definition) is 3. The maximum atomic E-state index is 12.3. The van der Waals surface area contributed by atoms with Gasteiger partial charge in [-0.1, -0.05) is 19.3 Å². The number of hydrogen-bond donors (Lipinski definition) is 2. The molecule has 0 heterocycles. The van der Waals surface area contributed by atoms with Gasteiger partial charge in [0.05, 0.1) is 5.60 Å². The van der Waals surface area contributed by atoms with Gasteiger partial charge in [0.25, 0.3) is 11.8 Å². The van der Waals surface area contributed by atoms with Crippen LogP contribution in [0.3, 0.4) is 0 Å². The molecule has 1 fully saturated rings. The average molecular weight is 332 g/mol. The highest BCUT2D eigenvalue weighted by Crippen LogP contribution is 2.27. The maximum absolute atomic E-state index is 12.3. The number of nitrogens with zero attached hydrogens (tertiary/aromatic N) is 1. The van der Waals surface area contributed by atoms with Crippen molar-refractivity contribution < 1.29 is 14.7 Å². The molecule has 1 saturated carbocycles. The summed E-state index contributed by atoms with van der Waals surface area (Å²) >= 11 is 0. The number of amides is 2. The predicted molar refractivity (Wildman–Crippen MR) is 94.1 cm³/mol. The highest BCUT2D eigenvalue weighted by Gasteiger charge is 2.29. The van der Waals surface area contributed by atoms with Crippen LogP contribution >= 0.6 is 0 Å². The molecule has 1 aromatic carbocycles. The second kappa shape index (κ2) is 8.29. The van der Waals surface area contributed by atoms with E-state index in [-0.39, 0.29) is 18.4 Å². The van der Waals surface area contributed by atoms with Gasteiger partial charge < -0.3 is 15.3 Å². The molecule has 2 rings (SSSR count). The van der Waals surface area contributed by atoms with Crippen LogP contribution in [-0.4, -0.2) is 47.1 Å². The Morgan fingerprint density at radius 3 is 2.12 bits per heavy atom. The highest BCUT2D eigenvalue weighted by atomic mass is 16.3. The normalized spacial score (nSPS) is 16.5. The summed E-state index contributed by atoms with van der Waals surface area (Å²) in [6.07, 6.45) is 4.65. The largest absolute Gasteiger partial charge is 0.388 e. The average Bonchev–Trinajstić information content (AvgIpc) is 2.61. The molecular formula is C19H28N2O3. The lowest BCUT2D eigenvalue weighted by Crippen LogP contribution is -2.44. The van der Waals surface area contributed by atoms with Crippen LogP contribution in [0.1, 0.15) is 66.7 Å². The Morgan fingerprint density at radius 1 is 1.04 bits per heavy atom. The zero-order valence-corrected chi connectivity index (χ0v) is 14.7. The summed E-state index contributed by atoms with van der Waals surface area (Å²) in [5, 5.41) is 13.3. The van der Waals surface area contributed by atoms with Gasteiger partial charge in [-0.25, -0.2) is 0 Å². The Morgan fingerprint density at radius 2 is 1.58 bits per heavy atom. The lowest BCUT2D eigenvalue weighted by Gasteiger charge is -2.32. The van der Waals surface area contributed by atoms with Crippen molar-refractivity contribution in [1.29, 1.82) is 0 Å². The van der Waals surface area contributed by atoms with E-state index in [1.807, 2.05) is 13.8 Å². The Labute approximate surface area is 144 Å². The van der Waals surface area contributed by atoms with Gasteiger partial charge in [-0.2, -0.15) is 0 Å². The molecular weight excluding hydrogens is 304 g/mol. The molecule has 0 unspecified atom stereocenters. The van der Waals surface area contributed by atoms with Crippen molar-refractivity contribution in [2.75, 3.05) is 19.6 Å². The predicted octanol–water partition coefficient (Wildman–Crippen LogP) is 2.59. The van der Waals surface area contributed by atoms with E-state index in [4.69, 9.17) is 0 Å². The van der Waals surface area contributed by atoms with Crippen molar-refractivity contribution in [1.82, 2.24) is 10.2 Å². The Balaban J connectivity index is 1.94. The first kappa shape index (κ1) is 18.5. The number of aliphatic hydroxyl groups is 1. The molecule has 2 amide bonds. The molecule has 0 atom stereocenters. The van der Waals surface area contributed by atoms with Gasteiger partial charge in [0.1, 0.15) is 0 Å². The lowest BCUT2D eigenvalue weighted by molar-refractivity contribution is 0.00525. The van der Waals surface area contributed by atoms with Crippen molar-refractivity contribution in [2.45, 2.75) is 51.6 Å². The van der Waals surface area contributed by atoms with Crippen LogP contribution in [-0.2, 0) is 0 Å². The molecule has 2 N–H and O–H groups in total. The van der Waals surface area contributed by atoms with Crippen LogP contribution in [0.25, 0.3) is 0 Å². The van der Waals surface area contributed by atoms with E-state index in [1.54, 1.807) is 29.2 Å². The van der Waals surface area contributed by atoms with E-state index >= 15 is 0 Å². The van der Waals surface area contributed by atoms with Crippen LogP contribution < -0.4 is 5.32 Å². The van der Waals surface area contributed by atoms with Crippen LogP contribution in [0, 0.1) is 0 Å². The van der Waals surface area contributed by atoms with Crippen LogP contribution in [0.4, 0.5) is 0 Å². The number of benzene rings is 1. The first-order valence-corrected chi connectivity index (χ1v) is 8.89. The van der Waals surface area contributed by atoms with Crippen LogP contribution in [0.15, 0.2) is 24.3 Å². The molecule has 0 aromatic heterocycles. The fraction of sp³-hybridized carbons (Fsp3) is 0.579. The molecule has 0 saturated heterocycles. The van der Waals surface area contributed by atoms with Crippen molar-refractivity contribution in [3.8, 4) is 0 Å². The third kappa shape index (κ3) is 4.57. The quantitative estimate of drug-likeness (QED) is 0.841. The fourth-order valence-corrected chi connectivity index (χ4v) is 3.19. The summed E-state index contributed by atoms with van der Waals surface area (Å²) in [6.45, 7) is 5.50. The van der Waals surface area contributed by atoms with E-state index in [0.717, 1.165) is 32.1 Å². The van der Waals surface area contributed by atoms with Gasteiger partial charge in [0.15, 0.2) is 0 Å². The topological polar surface area (TPSA) is 69.6 Å². The highest BCUT2D eigenvalue weighted by molar-refractivity contribution is 5.97. The Kier molecular flexibility index (Phi) is 6.37. The van der Waals surface area contributed by atoms with E-state index < -0.39 is 5.60 Å². The Hall–Kier alpha value is -1.88. The second-order valence-corrected chi connectivity index (χ2v) is 6.52. The number of carbonyl (C=O) groups excluding carboxylic acids is 2. The molecule has 5 nitrogen and oxygen atoms in total. The molecule has 132 valence electrons. The Bertz CT molecular complexity index is 558. The van der Waals surface area contributed by atoms with Gasteiger partial charge in [-0.15, -0.1) is 0 Å². The van der Waals surface area contributed by atoms with E-state index in [9.17, 15) is 14.7 Å². The standard InChI is InChI=1S/C19H28N2O3/c1-3-21(4-2)18(23)16-10-8-15(9-11-16)17(22)20-14-19(24)12-6-5-7-13-19/h8-11,24H,3-7,12-14H2,1-2H3,(H,20,22). The van der Waals surface area contributed by atoms with Gasteiger partial charge >= 0.3 is 0 Å². The van der Waals surface area contributed by atoms with Gasteiger partial charge in [-0.3, -0.25) is 9.59 Å². The molecule has 0 aliphatic heterocycles. The summed E-state index contributed by atoms with van der Waals surface area (Å²) in [6, 6.07) is 6.70. The third-order valence-corrected chi connectivity index (χ3v) is 4.81. The number of carbonyl (C=O) groups is 2. The summed E-state index contributed by atoms with van der Waals surface area (Å²) in [4.78, 5) is 26.2. The molecule has 0 radical (unpaired) electrons. The zero-order valence-electron chi connectivity index (χ0n) is 14.7. The van der Waals surface area contributed by atoms with Crippen LogP contribution in [0.2, 0.25) is 0 Å². The minimum atomic E-state index is -0.771. The molecule has 0 bridgehead atoms. The second-order valence-electron chi connectivity index (χ2n) is 6.52. The van der Waals surface area contributed by atoms with Crippen molar-refractivity contribution in [2.24, 2.45) is 0 Å². The summed E-state index contributed by atoms with van der Waals surface area (Å²) in [7, 11) is 0. The van der Waals surface area contributed by atoms with Crippen molar-refractivity contribution in [3.05, 3.63) is 35.4 Å². The van der Waals surface area contributed by atoms with E-state index in [0.29, 0.717) is 24.2 Å². The molecule has 1 aliphatic carbocycles. The zero-order chi connectivity index (χ0) is 17.6. The number of nitrogens with one attached hydrogen (secondary N) is 1. The van der Waals surface area contributed by atoms with E-state index in [1.165, 1.54) is 0 Å². The summed E-state index contributed by atoms with van der Waals surface area (Å²) in [5.74, 6) is -0.237. The monoisotopic (exact) mass is 332 g/mol. The first-order valence-electron chi connectivity index (χ1n) is 8.89. The third-order valence-electron chi connectivity index (χ3n) is 4.81.